The van der Waals surface area contributed by atoms with Gasteiger partial charge < -0.3 is 10.0 Å². The normalized spacial score (nSPS) is 18.8. The van der Waals surface area contributed by atoms with Gasteiger partial charge in [0.15, 0.2) is 0 Å². The fourth-order valence-electron chi connectivity index (χ4n) is 2.20. The molecule has 4 heteroatoms. The number of carbonyl (C=O) groups is 1. The molecule has 0 radical (unpaired) electrons. The number of hydrogen-bond acceptors (Lipinski definition) is 3. The summed E-state index contributed by atoms with van der Waals surface area (Å²) in [5.41, 5.74) is 0. The van der Waals surface area contributed by atoms with Crippen molar-refractivity contribution in [3.05, 3.63) is 0 Å². The van der Waals surface area contributed by atoms with Crippen LogP contribution in [0.5, 0.6) is 0 Å². The molecule has 94 valence electrons. The van der Waals surface area contributed by atoms with Crippen LogP contribution in [0.2, 0.25) is 0 Å². The molecule has 0 aromatic carbocycles. The maximum atomic E-state index is 10.6. The Morgan fingerprint density at radius 3 is 2.69 bits per heavy atom. The van der Waals surface area contributed by atoms with Crippen molar-refractivity contribution in [2.75, 3.05) is 31.1 Å². The van der Waals surface area contributed by atoms with Gasteiger partial charge in [0.2, 0.25) is 0 Å². The molecule has 0 aliphatic carbocycles. The highest BCUT2D eigenvalue weighted by atomic mass is 32.2. The number of carboxylic acid groups (broad SMARTS) is 1. The average molecular weight is 245 g/mol. The van der Waals surface area contributed by atoms with Crippen molar-refractivity contribution < 1.29 is 9.90 Å². The molecule has 0 unspecified atom stereocenters. The van der Waals surface area contributed by atoms with E-state index in [0.717, 1.165) is 25.9 Å². The second-order valence-electron chi connectivity index (χ2n) is 4.43. The third-order valence-electron chi connectivity index (χ3n) is 3.14. The second kappa shape index (κ2) is 7.96. The molecule has 1 fully saturated rings. The summed E-state index contributed by atoms with van der Waals surface area (Å²) in [5, 5.41) is 8.72. The Labute approximate surface area is 103 Å². The van der Waals surface area contributed by atoms with Gasteiger partial charge in [0, 0.05) is 6.42 Å². The Morgan fingerprint density at radius 2 is 2.12 bits per heavy atom. The zero-order chi connectivity index (χ0) is 11.8. The average Bonchev–Trinajstić information content (AvgIpc) is 2.26. The van der Waals surface area contributed by atoms with Crippen LogP contribution < -0.4 is 0 Å². The minimum atomic E-state index is -0.641. The van der Waals surface area contributed by atoms with Crippen LogP contribution >= 0.6 is 11.8 Å². The number of carboxylic acids is 1. The molecule has 1 heterocycles. The molecule has 3 nitrogen and oxygen atoms in total. The smallest absolute Gasteiger partial charge is 0.303 e. The molecule has 1 aliphatic rings. The molecule has 0 bridgehead atoms. The van der Waals surface area contributed by atoms with E-state index in [2.05, 4.69) is 11.8 Å². The van der Waals surface area contributed by atoms with E-state index < -0.39 is 5.97 Å². The summed E-state index contributed by atoms with van der Waals surface area (Å²) in [6.07, 6.45) is 3.75. The fraction of sp³-hybridized carbons (Fsp3) is 0.917. The van der Waals surface area contributed by atoms with E-state index >= 15 is 0 Å². The molecule has 16 heavy (non-hydrogen) atoms. The third kappa shape index (κ3) is 5.75. The highest BCUT2D eigenvalue weighted by Crippen LogP contribution is 2.20. The van der Waals surface area contributed by atoms with E-state index in [9.17, 15) is 4.79 Å². The first-order valence-corrected chi connectivity index (χ1v) is 7.39. The van der Waals surface area contributed by atoms with E-state index in [1.165, 1.54) is 24.5 Å². The summed E-state index contributed by atoms with van der Waals surface area (Å²) in [4.78, 5) is 13.1. The summed E-state index contributed by atoms with van der Waals surface area (Å²) in [7, 11) is 0. The van der Waals surface area contributed by atoms with Crippen molar-refractivity contribution in [1.82, 2.24) is 4.90 Å². The van der Waals surface area contributed by atoms with Crippen LogP contribution in [0.4, 0.5) is 0 Å². The minimum absolute atomic E-state index is 0.361. The summed E-state index contributed by atoms with van der Waals surface area (Å²) >= 11 is 2.00. The van der Waals surface area contributed by atoms with Crippen molar-refractivity contribution in [3.8, 4) is 0 Å². The first kappa shape index (κ1) is 13.8. The summed E-state index contributed by atoms with van der Waals surface area (Å²) in [5.74, 6) is 2.24. The van der Waals surface area contributed by atoms with Gasteiger partial charge in [-0.3, -0.25) is 4.79 Å². The van der Waals surface area contributed by atoms with Crippen molar-refractivity contribution in [3.63, 3.8) is 0 Å². The lowest BCUT2D eigenvalue weighted by Gasteiger charge is -2.31. The van der Waals surface area contributed by atoms with Gasteiger partial charge in [0.25, 0.3) is 0 Å². The van der Waals surface area contributed by atoms with Gasteiger partial charge in [0.05, 0.1) is 0 Å². The third-order valence-corrected chi connectivity index (χ3v) is 4.12. The van der Waals surface area contributed by atoms with Crippen molar-refractivity contribution in [2.24, 2.45) is 5.92 Å². The summed E-state index contributed by atoms with van der Waals surface area (Å²) < 4.78 is 0. The van der Waals surface area contributed by atoms with Gasteiger partial charge >= 0.3 is 5.97 Å². The number of likely N-dealkylation sites (tertiary alicyclic amines) is 1. The SMILES string of the molecule is CCSCCCN1CCC(CC(=O)O)CC1. The van der Waals surface area contributed by atoms with Gasteiger partial charge in [-0.25, -0.2) is 0 Å². The van der Waals surface area contributed by atoms with Gasteiger partial charge in [-0.1, -0.05) is 6.92 Å². The zero-order valence-electron chi connectivity index (χ0n) is 10.2. The predicted molar refractivity (Wildman–Crippen MR) is 69.0 cm³/mol. The number of hydrogen-bond donors (Lipinski definition) is 1. The molecule has 1 rings (SSSR count). The molecule has 0 atom stereocenters. The van der Waals surface area contributed by atoms with Gasteiger partial charge in [-0.05, 0) is 56.3 Å². The molecular formula is C12H23NO2S. The maximum Gasteiger partial charge on any atom is 0.303 e. The predicted octanol–water partition coefficient (Wildman–Crippen LogP) is 2.32. The van der Waals surface area contributed by atoms with Crippen LogP contribution in [-0.4, -0.2) is 47.1 Å². The van der Waals surface area contributed by atoms with E-state index in [1.54, 1.807) is 0 Å². The Hall–Kier alpha value is -0.220. The Balaban J connectivity index is 2.05. The van der Waals surface area contributed by atoms with Crippen LogP contribution in [0.3, 0.4) is 0 Å². The fourth-order valence-corrected chi connectivity index (χ4v) is 2.82. The molecule has 0 amide bonds. The topological polar surface area (TPSA) is 40.5 Å². The molecule has 0 spiro atoms. The van der Waals surface area contributed by atoms with Crippen LogP contribution in [0.1, 0.15) is 32.6 Å². The Morgan fingerprint density at radius 1 is 1.44 bits per heavy atom. The van der Waals surface area contributed by atoms with Crippen LogP contribution in [0, 0.1) is 5.92 Å². The van der Waals surface area contributed by atoms with Gasteiger partial charge in [-0.15, -0.1) is 0 Å². The van der Waals surface area contributed by atoms with Crippen molar-refractivity contribution >= 4 is 17.7 Å². The van der Waals surface area contributed by atoms with Gasteiger partial charge in [-0.2, -0.15) is 11.8 Å². The molecule has 1 N–H and O–H groups in total. The molecule has 1 aliphatic heterocycles. The van der Waals surface area contributed by atoms with E-state index in [0.29, 0.717) is 12.3 Å². The number of thioether (sulfide) groups is 1. The van der Waals surface area contributed by atoms with E-state index in [-0.39, 0.29) is 0 Å². The molecule has 0 aromatic rings. The number of nitrogens with zero attached hydrogens (tertiary/aromatic N) is 1. The highest BCUT2D eigenvalue weighted by Gasteiger charge is 2.20. The lowest BCUT2D eigenvalue weighted by Crippen LogP contribution is -2.35. The standard InChI is InChI=1S/C12H23NO2S/c1-2-16-9-3-6-13-7-4-11(5-8-13)10-12(14)15/h11H,2-10H2,1H3,(H,14,15). The van der Waals surface area contributed by atoms with Crippen LogP contribution in [0.15, 0.2) is 0 Å². The first-order chi connectivity index (χ1) is 7.72. The van der Waals surface area contributed by atoms with Crippen LogP contribution in [-0.2, 0) is 4.79 Å². The summed E-state index contributed by atoms with van der Waals surface area (Å²) in [6.45, 7) is 5.57. The Kier molecular flexibility index (Phi) is 6.88. The first-order valence-electron chi connectivity index (χ1n) is 6.24. The number of piperidine rings is 1. The summed E-state index contributed by atoms with van der Waals surface area (Å²) in [6, 6.07) is 0. The largest absolute Gasteiger partial charge is 0.481 e. The lowest BCUT2D eigenvalue weighted by atomic mass is 9.93. The molecule has 0 saturated carbocycles. The number of aliphatic carboxylic acids is 1. The lowest BCUT2D eigenvalue weighted by molar-refractivity contribution is -0.138. The zero-order valence-corrected chi connectivity index (χ0v) is 11.0. The highest BCUT2D eigenvalue weighted by molar-refractivity contribution is 7.99. The molecular weight excluding hydrogens is 222 g/mol. The van der Waals surface area contributed by atoms with Crippen molar-refractivity contribution in [1.29, 1.82) is 0 Å². The monoisotopic (exact) mass is 245 g/mol. The van der Waals surface area contributed by atoms with Crippen molar-refractivity contribution in [2.45, 2.75) is 32.6 Å². The molecule has 1 saturated heterocycles. The minimum Gasteiger partial charge on any atom is -0.481 e. The number of rotatable bonds is 7. The maximum absolute atomic E-state index is 10.6. The van der Waals surface area contributed by atoms with E-state index in [1.807, 2.05) is 11.8 Å². The second-order valence-corrected chi connectivity index (χ2v) is 5.83. The van der Waals surface area contributed by atoms with E-state index in [4.69, 9.17) is 5.11 Å². The Bertz CT molecular complexity index is 203. The van der Waals surface area contributed by atoms with Gasteiger partial charge in [0.1, 0.15) is 0 Å². The quantitative estimate of drug-likeness (QED) is 0.699. The van der Waals surface area contributed by atoms with Crippen LogP contribution in [0.25, 0.3) is 0 Å². The molecule has 0 aromatic heterocycles.